The van der Waals surface area contributed by atoms with Crippen molar-refractivity contribution in [2.75, 3.05) is 5.32 Å². The molecule has 108 valence electrons. The number of benzene rings is 1. The Bertz CT molecular complexity index is 712. The molecular weight excluding hydrogens is 266 g/mol. The predicted molar refractivity (Wildman–Crippen MR) is 80.9 cm³/mol. The molecule has 0 fully saturated rings. The lowest BCUT2D eigenvalue weighted by Gasteiger charge is -2.21. The van der Waals surface area contributed by atoms with E-state index in [0.29, 0.717) is 17.9 Å². The van der Waals surface area contributed by atoms with Crippen molar-refractivity contribution >= 4 is 17.0 Å². The highest BCUT2D eigenvalue weighted by Gasteiger charge is 2.16. The van der Waals surface area contributed by atoms with Crippen LogP contribution in [0.4, 0.5) is 5.82 Å². The average molecular weight is 283 g/mol. The second kappa shape index (κ2) is 5.88. The van der Waals surface area contributed by atoms with Crippen LogP contribution in [-0.4, -0.2) is 37.2 Å². The van der Waals surface area contributed by atoms with E-state index in [1.54, 1.807) is 6.33 Å². The zero-order valence-corrected chi connectivity index (χ0v) is 11.7. The molecule has 0 aliphatic heterocycles. The molecule has 0 spiro atoms. The molecule has 0 aliphatic rings. The zero-order valence-electron chi connectivity index (χ0n) is 11.7. The third-order valence-electron chi connectivity index (χ3n) is 3.45. The molecule has 2 unspecified atom stereocenters. The van der Waals surface area contributed by atoms with E-state index in [2.05, 4.69) is 25.3 Å². The Kier molecular flexibility index (Phi) is 3.79. The second-order valence-electron chi connectivity index (χ2n) is 5.01. The normalized spacial score (nSPS) is 14.0. The van der Waals surface area contributed by atoms with Crippen molar-refractivity contribution in [3.63, 3.8) is 0 Å². The summed E-state index contributed by atoms with van der Waals surface area (Å²) >= 11 is 0. The number of imidazole rings is 1. The van der Waals surface area contributed by atoms with Crippen LogP contribution in [0.5, 0.6) is 0 Å². The molecule has 6 heteroatoms. The molecule has 2 aromatic heterocycles. The Morgan fingerprint density at radius 3 is 2.81 bits per heavy atom. The van der Waals surface area contributed by atoms with E-state index in [0.717, 1.165) is 11.1 Å². The molecule has 0 saturated carbocycles. The number of hydrogen-bond donors (Lipinski definition) is 3. The second-order valence-corrected chi connectivity index (χ2v) is 5.01. The van der Waals surface area contributed by atoms with Gasteiger partial charge in [0.2, 0.25) is 0 Å². The van der Waals surface area contributed by atoms with Gasteiger partial charge in [0.05, 0.1) is 18.5 Å². The summed E-state index contributed by atoms with van der Waals surface area (Å²) in [6, 6.07) is 9.78. The highest BCUT2D eigenvalue weighted by Crippen LogP contribution is 2.17. The third kappa shape index (κ3) is 3.00. The maximum Gasteiger partial charge on any atom is 0.182 e. The van der Waals surface area contributed by atoms with Gasteiger partial charge in [-0.3, -0.25) is 0 Å². The molecule has 2 atom stereocenters. The highest BCUT2D eigenvalue weighted by atomic mass is 16.3. The lowest BCUT2D eigenvalue weighted by atomic mass is 10.0. The molecule has 21 heavy (non-hydrogen) atoms. The average Bonchev–Trinajstić information content (AvgIpc) is 2.98. The van der Waals surface area contributed by atoms with Gasteiger partial charge in [-0.05, 0) is 12.5 Å². The molecular formula is C15H17N5O. The van der Waals surface area contributed by atoms with Crippen LogP contribution in [0.25, 0.3) is 11.2 Å². The zero-order chi connectivity index (χ0) is 14.7. The summed E-state index contributed by atoms with van der Waals surface area (Å²) in [4.78, 5) is 15.4. The lowest BCUT2D eigenvalue weighted by Crippen LogP contribution is -2.32. The van der Waals surface area contributed by atoms with Gasteiger partial charge in [0.25, 0.3) is 0 Å². The fourth-order valence-electron chi connectivity index (χ4n) is 2.22. The quantitative estimate of drug-likeness (QED) is 0.664. The Hall–Kier alpha value is -2.47. The summed E-state index contributed by atoms with van der Waals surface area (Å²) < 4.78 is 0. The number of anilines is 1. The van der Waals surface area contributed by atoms with Crippen LogP contribution in [0.15, 0.2) is 43.0 Å². The Morgan fingerprint density at radius 1 is 1.19 bits per heavy atom. The summed E-state index contributed by atoms with van der Waals surface area (Å²) in [7, 11) is 0. The van der Waals surface area contributed by atoms with Crippen molar-refractivity contribution in [1.82, 2.24) is 19.9 Å². The van der Waals surface area contributed by atoms with Gasteiger partial charge in [-0.25, -0.2) is 15.0 Å². The van der Waals surface area contributed by atoms with Crippen LogP contribution in [-0.2, 0) is 6.42 Å². The molecule has 2 heterocycles. The topological polar surface area (TPSA) is 86.7 Å². The van der Waals surface area contributed by atoms with Crippen LogP contribution in [0, 0.1) is 0 Å². The van der Waals surface area contributed by atoms with Gasteiger partial charge in [-0.15, -0.1) is 0 Å². The van der Waals surface area contributed by atoms with E-state index < -0.39 is 6.10 Å². The number of nitrogens with zero attached hydrogens (tertiary/aromatic N) is 3. The van der Waals surface area contributed by atoms with Gasteiger partial charge in [-0.1, -0.05) is 30.3 Å². The Labute approximate surface area is 122 Å². The summed E-state index contributed by atoms with van der Waals surface area (Å²) in [6.45, 7) is 1.93. The van der Waals surface area contributed by atoms with Gasteiger partial charge in [0.1, 0.15) is 11.8 Å². The molecule has 0 saturated heterocycles. The van der Waals surface area contributed by atoms with Crippen molar-refractivity contribution in [2.45, 2.75) is 25.5 Å². The van der Waals surface area contributed by atoms with Gasteiger partial charge in [0.15, 0.2) is 11.5 Å². The first-order chi connectivity index (χ1) is 10.2. The first kappa shape index (κ1) is 13.5. The number of nitrogens with one attached hydrogen (secondary N) is 2. The molecule has 3 rings (SSSR count). The van der Waals surface area contributed by atoms with Crippen molar-refractivity contribution < 1.29 is 5.11 Å². The first-order valence-electron chi connectivity index (χ1n) is 6.86. The fourth-order valence-corrected chi connectivity index (χ4v) is 2.22. The molecule has 1 aromatic carbocycles. The minimum absolute atomic E-state index is 0.147. The van der Waals surface area contributed by atoms with E-state index in [4.69, 9.17) is 0 Å². The van der Waals surface area contributed by atoms with Crippen molar-refractivity contribution in [1.29, 1.82) is 0 Å². The van der Waals surface area contributed by atoms with E-state index in [1.807, 2.05) is 37.3 Å². The predicted octanol–water partition coefficient (Wildman–Crippen LogP) is 1.76. The summed E-state index contributed by atoms with van der Waals surface area (Å²) in [6.07, 6.45) is 3.11. The maximum atomic E-state index is 10.3. The van der Waals surface area contributed by atoms with Crippen molar-refractivity contribution in [2.24, 2.45) is 0 Å². The summed E-state index contributed by atoms with van der Waals surface area (Å²) in [5.41, 5.74) is 2.46. The minimum Gasteiger partial charge on any atom is -0.391 e. The SMILES string of the molecule is CC(Nc1ncnc2nc[nH]c12)C(O)Cc1ccccc1. The van der Waals surface area contributed by atoms with E-state index in [1.165, 1.54) is 6.33 Å². The largest absolute Gasteiger partial charge is 0.391 e. The van der Waals surface area contributed by atoms with Crippen molar-refractivity contribution in [3.05, 3.63) is 48.5 Å². The third-order valence-corrected chi connectivity index (χ3v) is 3.45. The molecule has 6 nitrogen and oxygen atoms in total. The van der Waals surface area contributed by atoms with E-state index in [-0.39, 0.29) is 6.04 Å². The molecule has 0 amide bonds. The van der Waals surface area contributed by atoms with Crippen LogP contribution >= 0.6 is 0 Å². The van der Waals surface area contributed by atoms with Crippen LogP contribution < -0.4 is 5.32 Å². The molecule has 0 aliphatic carbocycles. The number of aliphatic hydroxyl groups excluding tert-OH is 1. The van der Waals surface area contributed by atoms with E-state index in [9.17, 15) is 5.11 Å². The summed E-state index contributed by atoms with van der Waals surface area (Å²) in [5, 5.41) is 13.5. The minimum atomic E-state index is -0.514. The number of aliphatic hydroxyl groups is 1. The van der Waals surface area contributed by atoms with Crippen LogP contribution in [0.3, 0.4) is 0 Å². The molecule has 0 bridgehead atoms. The lowest BCUT2D eigenvalue weighted by molar-refractivity contribution is 0.158. The van der Waals surface area contributed by atoms with Gasteiger partial charge in [-0.2, -0.15) is 0 Å². The molecule has 3 aromatic rings. The van der Waals surface area contributed by atoms with E-state index >= 15 is 0 Å². The number of aromatic amines is 1. The number of hydrogen-bond acceptors (Lipinski definition) is 5. The van der Waals surface area contributed by atoms with Crippen LogP contribution in [0.2, 0.25) is 0 Å². The van der Waals surface area contributed by atoms with Gasteiger partial charge in [0, 0.05) is 6.42 Å². The Morgan fingerprint density at radius 2 is 2.00 bits per heavy atom. The first-order valence-corrected chi connectivity index (χ1v) is 6.86. The van der Waals surface area contributed by atoms with Crippen LogP contribution in [0.1, 0.15) is 12.5 Å². The maximum absolute atomic E-state index is 10.3. The summed E-state index contributed by atoms with van der Waals surface area (Å²) in [5.74, 6) is 0.650. The monoisotopic (exact) mass is 283 g/mol. The van der Waals surface area contributed by atoms with Gasteiger partial charge < -0.3 is 15.4 Å². The fraction of sp³-hybridized carbons (Fsp3) is 0.267. The highest BCUT2D eigenvalue weighted by molar-refractivity contribution is 5.82. The standard InChI is InChI=1S/C15H17N5O/c1-10(12(21)7-11-5-3-2-4-6-11)20-15-13-14(17-8-16-13)18-9-19-15/h2-6,8-10,12,21H,7H2,1H3,(H2,16,17,18,19,20). The molecule has 0 radical (unpaired) electrons. The van der Waals surface area contributed by atoms with Gasteiger partial charge >= 0.3 is 0 Å². The van der Waals surface area contributed by atoms with Crippen molar-refractivity contribution in [3.8, 4) is 0 Å². The number of aromatic nitrogens is 4. The smallest absolute Gasteiger partial charge is 0.182 e. The number of rotatable bonds is 5. The molecule has 3 N–H and O–H groups in total. The number of H-pyrrole nitrogens is 1. The number of fused-ring (bicyclic) bond motifs is 1. The Balaban J connectivity index is 1.71.